The number of ether oxygens (including phenoxy) is 2. The number of nitrogens with zero attached hydrogens (tertiary/aromatic N) is 9. The molecule has 2 unspecified atom stereocenters. The first-order valence-electron chi connectivity index (χ1n) is 28.4. The highest BCUT2D eigenvalue weighted by Crippen LogP contribution is 2.44. The van der Waals surface area contributed by atoms with Crippen LogP contribution in [0, 0.1) is 17.6 Å². The van der Waals surface area contributed by atoms with E-state index >= 15 is 8.78 Å². The molecule has 6 saturated heterocycles. The smallest absolute Gasteiger partial charge is 0.409 e. The maximum absolute atomic E-state index is 17.3. The van der Waals surface area contributed by atoms with E-state index in [4.69, 9.17) is 19.4 Å². The molecule has 6 aliphatic heterocycles. The molecule has 18 nitrogen and oxygen atoms in total. The second-order valence-corrected chi connectivity index (χ2v) is 23.5. The average Bonchev–Trinajstić information content (AvgIpc) is 4.32. The van der Waals surface area contributed by atoms with E-state index in [0.29, 0.717) is 90.2 Å². The van der Waals surface area contributed by atoms with Gasteiger partial charge in [0.05, 0.1) is 27.6 Å². The molecular weight excluding hydrogens is 1010 g/mol. The summed E-state index contributed by atoms with van der Waals surface area (Å²) in [6.07, 6.45) is 10.6. The number of piperidine rings is 4. The van der Waals surface area contributed by atoms with Gasteiger partial charge in [0.15, 0.2) is 5.82 Å². The van der Waals surface area contributed by atoms with Gasteiger partial charge < -0.3 is 34.4 Å². The van der Waals surface area contributed by atoms with E-state index in [9.17, 15) is 29.4 Å². The number of benzene rings is 3. The summed E-state index contributed by atoms with van der Waals surface area (Å²) < 4.78 is 48.3. The van der Waals surface area contributed by atoms with E-state index in [2.05, 4.69) is 32.2 Å². The van der Waals surface area contributed by atoms with Crippen LogP contribution in [0.25, 0.3) is 44.0 Å². The molecule has 3 aromatic heterocycles. The summed E-state index contributed by atoms with van der Waals surface area (Å²) in [6, 6.07) is 11.2. The molecule has 6 aliphatic rings. The van der Waals surface area contributed by atoms with Crippen molar-refractivity contribution in [3.05, 3.63) is 81.9 Å². The maximum Gasteiger partial charge on any atom is 0.409 e. The number of β-amino-alcohol motifs (C(OH)–C–C–N with tert-alkyl or cyclic N) is 1. The van der Waals surface area contributed by atoms with Crippen LogP contribution in [0.5, 0.6) is 11.8 Å². The zero-order valence-corrected chi connectivity index (χ0v) is 45.3. The summed E-state index contributed by atoms with van der Waals surface area (Å²) in [4.78, 5) is 74.3. The molecule has 3 N–H and O–H groups in total. The average molecular weight is 1090 g/mol. The van der Waals surface area contributed by atoms with Crippen molar-refractivity contribution in [1.29, 1.82) is 0 Å². The van der Waals surface area contributed by atoms with E-state index in [1.807, 2.05) is 22.8 Å². The van der Waals surface area contributed by atoms with Crippen LogP contribution in [0.4, 0.5) is 19.4 Å². The monoisotopic (exact) mass is 1080 g/mol. The number of hydrogen-bond acceptors (Lipinski definition) is 14. The SMILES string of the molecule is CCc1c(F)ccc2cc(O)cc(-c3ncc4c(N5CCC[C@@](C)(O)C5)nc(OCC56CCCN5[C@@H](COC(=O)N5CCC(CN7CCC(c8ccc9c(c8)n(C)c(=O)n9C8CCC(=O)NC8=O)CC7)CC5)CC6)nc4c3F)c12. The minimum absolute atomic E-state index is 0.00736. The Labute approximate surface area is 456 Å². The van der Waals surface area contributed by atoms with Crippen molar-refractivity contribution >= 4 is 56.4 Å². The van der Waals surface area contributed by atoms with E-state index < -0.39 is 29.2 Å². The molecule has 0 bridgehead atoms. The number of phenols is 1. The zero-order chi connectivity index (χ0) is 54.9. The summed E-state index contributed by atoms with van der Waals surface area (Å²) in [7, 11) is 1.73. The molecule has 0 spiro atoms. The van der Waals surface area contributed by atoms with E-state index in [1.165, 1.54) is 34.5 Å². The molecule has 20 heteroatoms. The summed E-state index contributed by atoms with van der Waals surface area (Å²) >= 11 is 0. The standard InChI is InChI=1S/C59H70F2N10O8/c1-4-41-44(60)9-7-38-27-40(72)29-42(49(38)41)51-50(61)52-43(30-62-51)53(69-21-5-18-58(2,77)33-69)65-55(64-52)79-34-59-19-6-22-70(59)39(13-20-59)32-78-57(76)68-25-14-35(15-26-68)31-67-23-16-36(17-24-67)37-8-10-45-47(28-37)66(3)56(75)71(45)46-11-12-48(73)63-54(46)74/h7-10,27-30,35-36,39,46,72,77H,4-6,11-26,31-34H2,1-3H3,(H,63,73,74)/t39-,46?,58-,59?/m1/s1. The van der Waals surface area contributed by atoms with Crippen LogP contribution in [0.15, 0.2) is 53.5 Å². The predicted octanol–water partition coefficient (Wildman–Crippen LogP) is 7.48. The highest BCUT2D eigenvalue weighted by molar-refractivity contribution is 6.02. The third-order valence-corrected chi connectivity index (χ3v) is 18.4. The number of aromatic nitrogens is 5. The lowest BCUT2D eigenvalue weighted by Crippen LogP contribution is -2.49. The molecule has 4 atom stereocenters. The second-order valence-electron chi connectivity index (χ2n) is 23.5. The Balaban J connectivity index is 0.664. The number of imide groups is 1. The summed E-state index contributed by atoms with van der Waals surface area (Å²) in [6.45, 7) is 9.95. The molecular formula is C59H70F2N10O8. The van der Waals surface area contributed by atoms with Crippen LogP contribution >= 0.6 is 0 Å². The lowest BCUT2D eigenvalue weighted by atomic mass is 9.88. The van der Waals surface area contributed by atoms with Gasteiger partial charge in [-0.3, -0.25) is 33.9 Å². The number of amides is 3. The molecule has 12 rings (SSSR count). The van der Waals surface area contributed by atoms with Crippen molar-refractivity contribution in [2.75, 3.05) is 70.5 Å². The number of aryl methyl sites for hydroxylation is 2. The van der Waals surface area contributed by atoms with Crippen molar-refractivity contribution in [3.8, 4) is 23.0 Å². The number of aromatic hydroxyl groups is 1. The molecule has 3 aromatic carbocycles. The minimum atomic E-state index is -1.00. The number of halogens is 2. The lowest BCUT2D eigenvalue weighted by molar-refractivity contribution is -0.135. The van der Waals surface area contributed by atoms with Gasteiger partial charge in [0.25, 0.3) is 0 Å². The molecule has 6 aromatic rings. The fourth-order valence-corrected chi connectivity index (χ4v) is 14.2. The second kappa shape index (κ2) is 21.0. The van der Waals surface area contributed by atoms with E-state index in [0.717, 1.165) is 83.1 Å². The highest BCUT2D eigenvalue weighted by Gasteiger charge is 2.50. The number of aliphatic hydroxyl groups is 1. The molecule has 0 saturated carbocycles. The van der Waals surface area contributed by atoms with Crippen LogP contribution in [0.3, 0.4) is 0 Å². The number of likely N-dealkylation sites (tertiary alicyclic amines) is 2. The fourth-order valence-electron chi connectivity index (χ4n) is 14.2. The largest absolute Gasteiger partial charge is 0.508 e. The highest BCUT2D eigenvalue weighted by atomic mass is 19.1. The number of hydrogen-bond donors (Lipinski definition) is 3. The van der Waals surface area contributed by atoms with Crippen molar-refractivity contribution in [3.63, 3.8) is 0 Å². The molecule has 9 heterocycles. The van der Waals surface area contributed by atoms with Crippen LogP contribution < -0.4 is 20.6 Å². The van der Waals surface area contributed by atoms with Crippen molar-refractivity contribution < 1.29 is 42.9 Å². The Hall–Kier alpha value is -6.77. The summed E-state index contributed by atoms with van der Waals surface area (Å²) in [5.74, 6) is -0.828. The number of rotatable bonds is 12. The maximum atomic E-state index is 17.3. The van der Waals surface area contributed by atoms with E-state index in [-0.39, 0.29) is 84.0 Å². The number of imidazole rings is 1. The molecule has 0 radical (unpaired) electrons. The van der Waals surface area contributed by atoms with Crippen molar-refractivity contribution in [2.24, 2.45) is 13.0 Å². The van der Waals surface area contributed by atoms with Gasteiger partial charge in [-0.1, -0.05) is 19.1 Å². The molecule has 6 fully saturated rings. The van der Waals surface area contributed by atoms with Gasteiger partial charge in [-0.05, 0) is 168 Å². The first kappa shape index (κ1) is 52.9. The van der Waals surface area contributed by atoms with Gasteiger partial charge in [0.2, 0.25) is 11.8 Å². The Kier molecular flexibility index (Phi) is 14.1. The van der Waals surface area contributed by atoms with Gasteiger partial charge in [-0.2, -0.15) is 9.97 Å². The molecule has 3 amide bonds. The number of anilines is 1. The van der Waals surface area contributed by atoms with Gasteiger partial charge in [-0.25, -0.2) is 18.4 Å². The quantitative estimate of drug-likeness (QED) is 0.102. The third kappa shape index (κ3) is 9.95. The van der Waals surface area contributed by atoms with Gasteiger partial charge >= 0.3 is 17.8 Å². The van der Waals surface area contributed by atoms with Gasteiger partial charge in [0, 0.05) is 64.0 Å². The molecule has 0 aliphatic carbocycles. The fraction of sp³-hybridized carbons (Fsp3) is 0.542. The zero-order valence-electron chi connectivity index (χ0n) is 45.3. The third-order valence-electron chi connectivity index (χ3n) is 18.4. The van der Waals surface area contributed by atoms with Crippen LogP contribution in [0.1, 0.15) is 114 Å². The molecule has 418 valence electrons. The number of nitrogens with one attached hydrogen (secondary N) is 1. The minimum Gasteiger partial charge on any atom is -0.508 e. The Morgan fingerprint density at radius 2 is 1.70 bits per heavy atom. The molecule has 79 heavy (non-hydrogen) atoms. The predicted molar refractivity (Wildman–Crippen MR) is 293 cm³/mol. The van der Waals surface area contributed by atoms with Crippen LogP contribution in [-0.4, -0.2) is 150 Å². The Bertz CT molecular complexity index is 3440. The first-order chi connectivity index (χ1) is 38.1. The topological polar surface area (TPSA) is 201 Å². The van der Waals surface area contributed by atoms with Crippen LogP contribution in [0.2, 0.25) is 0 Å². The first-order valence-corrected chi connectivity index (χ1v) is 28.4. The van der Waals surface area contributed by atoms with Crippen LogP contribution in [-0.2, 0) is 27.8 Å². The Morgan fingerprint density at radius 3 is 2.47 bits per heavy atom. The number of pyridine rings is 1. The number of fused-ring (bicyclic) bond motifs is 4. The van der Waals surface area contributed by atoms with Gasteiger partial charge in [0.1, 0.15) is 47.9 Å². The number of carbonyl (C=O) groups excluding carboxylic acids is 3. The van der Waals surface area contributed by atoms with E-state index in [1.54, 1.807) is 24.6 Å². The number of carbonyl (C=O) groups is 3. The van der Waals surface area contributed by atoms with Crippen molar-refractivity contribution in [1.82, 2.24) is 44.1 Å². The normalized spacial score (nSPS) is 24.7. The lowest BCUT2D eigenvalue weighted by Gasteiger charge is -2.38. The van der Waals surface area contributed by atoms with Crippen molar-refractivity contribution in [2.45, 2.75) is 126 Å². The summed E-state index contributed by atoms with van der Waals surface area (Å²) in [5, 5.41) is 25.7. The Morgan fingerprint density at radius 1 is 0.899 bits per heavy atom. The number of phenolic OH excluding ortho intramolecular Hbond substituents is 1. The summed E-state index contributed by atoms with van der Waals surface area (Å²) in [5.41, 5.74) is 1.55. The van der Waals surface area contributed by atoms with Gasteiger partial charge in [-0.15, -0.1) is 0 Å².